The lowest BCUT2D eigenvalue weighted by Gasteiger charge is -2.13. The number of sulfonamides is 1. The van der Waals surface area contributed by atoms with E-state index in [1.165, 1.54) is 13.2 Å². The molecule has 0 radical (unpaired) electrons. The first kappa shape index (κ1) is 16.9. The molecule has 1 aromatic rings. The molecule has 22 heavy (non-hydrogen) atoms. The lowest BCUT2D eigenvalue weighted by Crippen LogP contribution is -2.35. The number of carbonyl (C=O) groups excluding carboxylic acids is 1. The van der Waals surface area contributed by atoms with Crippen LogP contribution in [0.3, 0.4) is 0 Å². The highest BCUT2D eigenvalue weighted by Crippen LogP contribution is 2.24. The van der Waals surface area contributed by atoms with E-state index in [9.17, 15) is 17.6 Å². The molecule has 0 saturated heterocycles. The maximum absolute atomic E-state index is 13.8. The number of methoxy groups -OCH3 is 1. The minimum atomic E-state index is -3.95. The van der Waals surface area contributed by atoms with Crippen LogP contribution in [0.2, 0.25) is 0 Å². The van der Waals surface area contributed by atoms with Crippen molar-refractivity contribution in [1.82, 2.24) is 10.0 Å². The second-order valence-corrected chi connectivity index (χ2v) is 7.05. The van der Waals surface area contributed by atoms with Crippen LogP contribution in [-0.2, 0) is 14.8 Å². The maximum Gasteiger partial charge on any atom is 0.251 e. The molecule has 1 aliphatic rings. The van der Waals surface area contributed by atoms with Gasteiger partial charge in [-0.3, -0.25) is 4.79 Å². The van der Waals surface area contributed by atoms with Gasteiger partial charge in [0.15, 0.2) is 0 Å². The third-order valence-corrected chi connectivity index (χ3v) is 4.71. The van der Waals surface area contributed by atoms with E-state index in [2.05, 4.69) is 10.0 Å². The van der Waals surface area contributed by atoms with Gasteiger partial charge in [-0.1, -0.05) is 0 Å². The predicted octanol–water partition coefficient (Wildman–Crippen LogP) is 1.03. The Morgan fingerprint density at radius 1 is 1.45 bits per heavy atom. The van der Waals surface area contributed by atoms with Gasteiger partial charge in [-0.05, 0) is 38.0 Å². The normalized spacial score (nSPS) is 16.3. The molecule has 0 heterocycles. The Kier molecular flexibility index (Phi) is 5.15. The Morgan fingerprint density at radius 2 is 2.14 bits per heavy atom. The number of rotatable bonds is 7. The predicted molar refractivity (Wildman–Crippen MR) is 78.5 cm³/mol. The number of hydrogen-bond acceptors (Lipinski definition) is 4. The molecule has 1 aliphatic carbocycles. The first-order valence-electron chi connectivity index (χ1n) is 6.95. The third kappa shape index (κ3) is 4.25. The van der Waals surface area contributed by atoms with E-state index in [4.69, 9.17) is 4.74 Å². The summed E-state index contributed by atoms with van der Waals surface area (Å²) < 4.78 is 45.3. The van der Waals surface area contributed by atoms with E-state index in [1.54, 1.807) is 6.92 Å². The minimum absolute atomic E-state index is 0.0838. The highest BCUT2D eigenvalue weighted by atomic mass is 32.2. The van der Waals surface area contributed by atoms with Crippen molar-refractivity contribution in [3.05, 3.63) is 29.6 Å². The maximum atomic E-state index is 13.8. The fraction of sp³-hybridized carbons (Fsp3) is 0.500. The van der Waals surface area contributed by atoms with Gasteiger partial charge in [0.1, 0.15) is 10.7 Å². The molecule has 1 amide bonds. The van der Waals surface area contributed by atoms with Crippen molar-refractivity contribution in [2.24, 2.45) is 0 Å². The summed E-state index contributed by atoms with van der Waals surface area (Å²) in [6.45, 7) is 2.07. The molecule has 0 bridgehead atoms. The van der Waals surface area contributed by atoms with Crippen molar-refractivity contribution in [3.63, 3.8) is 0 Å². The SMILES string of the molecule is COCC(C)NC(=O)c1ccc(F)c(S(=O)(=O)NC2CC2)c1. The molecule has 0 spiro atoms. The zero-order valence-corrected chi connectivity index (χ0v) is 13.2. The monoisotopic (exact) mass is 330 g/mol. The fourth-order valence-electron chi connectivity index (χ4n) is 1.93. The number of ether oxygens (including phenoxy) is 1. The van der Waals surface area contributed by atoms with Crippen molar-refractivity contribution >= 4 is 15.9 Å². The Hall–Kier alpha value is -1.51. The molecule has 0 aliphatic heterocycles. The molecule has 1 unspecified atom stereocenters. The van der Waals surface area contributed by atoms with Gasteiger partial charge in [-0.2, -0.15) is 0 Å². The van der Waals surface area contributed by atoms with Crippen molar-refractivity contribution < 1.29 is 22.3 Å². The van der Waals surface area contributed by atoms with Crippen LogP contribution in [0, 0.1) is 5.82 Å². The number of hydrogen-bond donors (Lipinski definition) is 2. The molecule has 1 fully saturated rings. The van der Waals surface area contributed by atoms with Crippen LogP contribution in [0.25, 0.3) is 0 Å². The first-order chi connectivity index (χ1) is 10.3. The van der Waals surface area contributed by atoms with Crippen LogP contribution in [0.5, 0.6) is 0 Å². The summed E-state index contributed by atoms with van der Waals surface area (Å²) in [5, 5.41) is 2.65. The van der Waals surface area contributed by atoms with Gasteiger partial charge < -0.3 is 10.1 Å². The Bertz CT molecular complexity index is 659. The second kappa shape index (κ2) is 6.72. The van der Waals surface area contributed by atoms with Crippen LogP contribution < -0.4 is 10.0 Å². The molecule has 0 aromatic heterocycles. The number of amides is 1. The molecule has 6 nitrogen and oxygen atoms in total. The largest absolute Gasteiger partial charge is 0.383 e. The minimum Gasteiger partial charge on any atom is -0.383 e. The average Bonchev–Trinajstić information content (AvgIpc) is 3.22. The summed E-state index contributed by atoms with van der Waals surface area (Å²) in [6.07, 6.45) is 1.49. The molecule has 122 valence electrons. The number of benzene rings is 1. The fourth-order valence-corrected chi connectivity index (χ4v) is 3.34. The molecular weight excluding hydrogens is 311 g/mol. The summed E-state index contributed by atoms with van der Waals surface area (Å²) in [5.74, 6) is -1.36. The van der Waals surface area contributed by atoms with Gasteiger partial charge in [-0.25, -0.2) is 17.5 Å². The summed E-state index contributed by atoms with van der Waals surface area (Å²) >= 11 is 0. The number of halogens is 1. The van der Waals surface area contributed by atoms with E-state index in [1.807, 2.05) is 0 Å². The number of carbonyl (C=O) groups is 1. The van der Waals surface area contributed by atoms with Gasteiger partial charge in [0, 0.05) is 24.8 Å². The van der Waals surface area contributed by atoms with Crippen molar-refractivity contribution in [2.45, 2.75) is 36.7 Å². The lowest BCUT2D eigenvalue weighted by atomic mass is 10.2. The van der Waals surface area contributed by atoms with Crippen LogP contribution in [0.15, 0.2) is 23.1 Å². The highest BCUT2D eigenvalue weighted by molar-refractivity contribution is 7.89. The van der Waals surface area contributed by atoms with E-state index < -0.39 is 26.6 Å². The Labute approximate surface area is 129 Å². The van der Waals surface area contributed by atoms with Crippen molar-refractivity contribution in [3.8, 4) is 0 Å². The van der Waals surface area contributed by atoms with Crippen LogP contribution >= 0.6 is 0 Å². The van der Waals surface area contributed by atoms with E-state index in [0.29, 0.717) is 6.61 Å². The summed E-state index contributed by atoms with van der Waals surface area (Å²) in [4.78, 5) is 11.5. The second-order valence-electron chi connectivity index (χ2n) is 5.37. The zero-order chi connectivity index (χ0) is 16.3. The Balaban J connectivity index is 2.20. The molecule has 1 aromatic carbocycles. The smallest absolute Gasteiger partial charge is 0.251 e. The average molecular weight is 330 g/mol. The standard InChI is InChI=1S/C14H19FN2O4S/c1-9(8-21-2)16-14(18)10-3-6-12(15)13(7-10)22(19,20)17-11-4-5-11/h3,6-7,9,11,17H,4-5,8H2,1-2H3,(H,16,18). The van der Waals surface area contributed by atoms with Crippen LogP contribution in [0.1, 0.15) is 30.1 Å². The van der Waals surface area contributed by atoms with Gasteiger partial charge in [0.2, 0.25) is 10.0 Å². The van der Waals surface area contributed by atoms with Crippen molar-refractivity contribution in [2.75, 3.05) is 13.7 Å². The molecule has 1 saturated carbocycles. The summed E-state index contributed by atoms with van der Waals surface area (Å²) in [6, 6.07) is 2.91. The molecule has 8 heteroatoms. The zero-order valence-electron chi connectivity index (χ0n) is 12.4. The summed E-state index contributed by atoms with van der Waals surface area (Å²) in [5.41, 5.74) is 0.0838. The molecule has 1 atom stereocenters. The molecular formula is C14H19FN2O4S. The van der Waals surface area contributed by atoms with E-state index in [0.717, 1.165) is 25.0 Å². The van der Waals surface area contributed by atoms with E-state index >= 15 is 0 Å². The quantitative estimate of drug-likeness (QED) is 0.782. The van der Waals surface area contributed by atoms with E-state index in [-0.39, 0.29) is 17.6 Å². The lowest BCUT2D eigenvalue weighted by molar-refractivity contribution is 0.0905. The van der Waals surface area contributed by atoms with Gasteiger partial charge in [0.25, 0.3) is 5.91 Å². The Morgan fingerprint density at radius 3 is 2.73 bits per heavy atom. The van der Waals surface area contributed by atoms with Gasteiger partial charge in [-0.15, -0.1) is 0 Å². The topological polar surface area (TPSA) is 84.5 Å². The first-order valence-corrected chi connectivity index (χ1v) is 8.43. The van der Waals surface area contributed by atoms with Gasteiger partial charge >= 0.3 is 0 Å². The number of nitrogens with one attached hydrogen (secondary N) is 2. The third-order valence-electron chi connectivity index (χ3n) is 3.18. The van der Waals surface area contributed by atoms with Gasteiger partial charge in [0.05, 0.1) is 6.61 Å². The van der Waals surface area contributed by atoms with Crippen LogP contribution in [0.4, 0.5) is 4.39 Å². The summed E-state index contributed by atoms with van der Waals surface area (Å²) in [7, 11) is -2.44. The molecule has 2 N–H and O–H groups in total. The molecule has 2 rings (SSSR count). The van der Waals surface area contributed by atoms with Crippen LogP contribution in [-0.4, -0.2) is 40.1 Å². The van der Waals surface area contributed by atoms with Crippen molar-refractivity contribution in [1.29, 1.82) is 0 Å². The highest BCUT2D eigenvalue weighted by Gasteiger charge is 2.30.